The molecule has 0 amide bonds. The minimum atomic E-state index is -0.701. The second-order valence-corrected chi connectivity index (χ2v) is 8.65. The zero-order valence-electron chi connectivity index (χ0n) is 17.0. The van der Waals surface area contributed by atoms with Gasteiger partial charge in [-0.3, -0.25) is 0 Å². The lowest BCUT2D eigenvalue weighted by molar-refractivity contribution is -0.247. The number of ether oxygens (including phenoxy) is 3. The Kier molecular flexibility index (Phi) is 3.89. The average Bonchev–Trinajstić information content (AvgIpc) is 3.03. The van der Waals surface area contributed by atoms with Gasteiger partial charge in [0, 0.05) is 12.0 Å². The van der Waals surface area contributed by atoms with Gasteiger partial charge in [0.25, 0.3) is 6.02 Å². The molecular formula is C22H24N4O4. The van der Waals surface area contributed by atoms with Crippen LogP contribution in [0.2, 0.25) is 0 Å². The maximum atomic E-state index is 10.6. The van der Waals surface area contributed by atoms with E-state index in [1.165, 1.54) is 0 Å². The first-order valence-electron chi connectivity index (χ1n) is 9.86. The number of nitrogens with two attached hydrogens (primary N) is 1. The predicted molar refractivity (Wildman–Crippen MR) is 110 cm³/mol. The summed E-state index contributed by atoms with van der Waals surface area (Å²) in [7, 11) is 0. The summed E-state index contributed by atoms with van der Waals surface area (Å²) in [5.74, 6) is 0.866. The first-order chi connectivity index (χ1) is 14.3. The van der Waals surface area contributed by atoms with E-state index in [2.05, 4.69) is 30.6 Å². The SMILES string of the molecule is C=c1ccc(=C(O)Cc2ccc3c(c2)C2(COC(N)=N2)C2(COC2)C(C)(C)O3)nn1. The van der Waals surface area contributed by atoms with E-state index in [1.54, 1.807) is 12.1 Å². The Morgan fingerprint density at radius 3 is 2.57 bits per heavy atom. The van der Waals surface area contributed by atoms with E-state index < -0.39 is 16.6 Å². The Bertz CT molecular complexity index is 1150. The van der Waals surface area contributed by atoms with E-state index in [0.717, 1.165) is 16.9 Å². The van der Waals surface area contributed by atoms with Crippen molar-refractivity contribution in [1.82, 2.24) is 10.2 Å². The maximum absolute atomic E-state index is 10.6. The molecule has 1 saturated heterocycles. The number of aliphatic imine (C=N–C) groups is 1. The largest absolute Gasteiger partial charge is 0.510 e. The van der Waals surface area contributed by atoms with Crippen LogP contribution in [0.5, 0.6) is 5.75 Å². The van der Waals surface area contributed by atoms with Crippen molar-refractivity contribution in [3.8, 4) is 5.75 Å². The third-order valence-corrected chi connectivity index (χ3v) is 6.61. The normalized spacial score (nSPS) is 26.3. The fourth-order valence-electron chi connectivity index (χ4n) is 4.73. The van der Waals surface area contributed by atoms with Gasteiger partial charge in [-0.2, -0.15) is 5.10 Å². The number of aliphatic hydroxyl groups excluding tert-OH is 1. The number of hydrogen-bond acceptors (Lipinski definition) is 8. The van der Waals surface area contributed by atoms with Crippen molar-refractivity contribution in [2.45, 2.75) is 31.4 Å². The number of rotatable bonds is 2. The van der Waals surface area contributed by atoms with E-state index in [1.807, 2.05) is 18.2 Å². The van der Waals surface area contributed by atoms with Gasteiger partial charge in [-0.15, -0.1) is 5.10 Å². The van der Waals surface area contributed by atoms with Gasteiger partial charge in [-0.1, -0.05) is 12.6 Å². The smallest absolute Gasteiger partial charge is 0.283 e. The zero-order chi connectivity index (χ0) is 21.1. The van der Waals surface area contributed by atoms with Crippen LogP contribution in [-0.2, 0) is 21.4 Å². The number of hydrogen-bond donors (Lipinski definition) is 2. The Balaban J connectivity index is 1.62. The molecule has 30 heavy (non-hydrogen) atoms. The van der Waals surface area contributed by atoms with Gasteiger partial charge in [0.15, 0.2) is 0 Å². The van der Waals surface area contributed by atoms with Crippen molar-refractivity contribution in [2.24, 2.45) is 16.1 Å². The van der Waals surface area contributed by atoms with Gasteiger partial charge >= 0.3 is 0 Å². The lowest BCUT2D eigenvalue weighted by Crippen LogP contribution is -2.71. The second-order valence-electron chi connectivity index (χ2n) is 8.65. The summed E-state index contributed by atoms with van der Waals surface area (Å²) in [4.78, 5) is 4.79. The molecule has 3 aliphatic heterocycles. The lowest BCUT2D eigenvalue weighted by Gasteiger charge is -2.61. The molecule has 1 aromatic heterocycles. The molecule has 5 rings (SSSR count). The van der Waals surface area contributed by atoms with E-state index in [-0.39, 0.29) is 11.8 Å². The number of amidine groups is 1. The molecule has 0 bridgehead atoms. The molecule has 4 heterocycles. The molecule has 8 nitrogen and oxygen atoms in total. The molecule has 1 unspecified atom stereocenters. The van der Waals surface area contributed by atoms with Gasteiger partial charge in [-0.25, -0.2) is 4.99 Å². The Labute approximate surface area is 173 Å². The summed E-state index contributed by atoms with van der Waals surface area (Å²) in [5.41, 5.74) is 6.15. The van der Waals surface area contributed by atoms with Crippen molar-refractivity contribution in [3.05, 3.63) is 52.2 Å². The molecule has 1 aromatic carbocycles. The topological polar surface area (TPSA) is 112 Å². The van der Waals surface area contributed by atoms with Gasteiger partial charge in [0.05, 0.1) is 24.0 Å². The molecule has 3 N–H and O–H groups in total. The Morgan fingerprint density at radius 2 is 1.97 bits per heavy atom. The molecule has 3 aliphatic rings. The highest BCUT2D eigenvalue weighted by Crippen LogP contribution is 2.62. The summed E-state index contributed by atoms with van der Waals surface area (Å²) in [6.45, 7) is 9.18. The first kappa shape index (κ1) is 18.9. The second kappa shape index (κ2) is 6.18. The highest BCUT2D eigenvalue weighted by Gasteiger charge is 2.71. The third-order valence-electron chi connectivity index (χ3n) is 6.61. The molecule has 1 atom stereocenters. The molecular weight excluding hydrogens is 384 g/mol. The highest BCUT2D eigenvalue weighted by atomic mass is 16.5. The number of aliphatic hydroxyl groups is 1. The fraction of sp³-hybridized carbons (Fsp3) is 0.409. The van der Waals surface area contributed by atoms with E-state index >= 15 is 0 Å². The fourth-order valence-corrected chi connectivity index (χ4v) is 4.73. The van der Waals surface area contributed by atoms with Crippen LogP contribution in [0.4, 0.5) is 0 Å². The third kappa shape index (κ3) is 2.46. The van der Waals surface area contributed by atoms with E-state index in [9.17, 15) is 5.11 Å². The molecule has 8 heteroatoms. The monoisotopic (exact) mass is 408 g/mol. The van der Waals surface area contributed by atoms with Crippen LogP contribution in [-0.4, -0.2) is 46.7 Å². The van der Waals surface area contributed by atoms with Crippen molar-refractivity contribution in [2.75, 3.05) is 19.8 Å². The maximum Gasteiger partial charge on any atom is 0.283 e. The van der Waals surface area contributed by atoms with Crippen LogP contribution in [0.25, 0.3) is 12.3 Å². The minimum absolute atomic E-state index is 0.126. The van der Waals surface area contributed by atoms with Crippen LogP contribution >= 0.6 is 0 Å². The van der Waals surface area contributed by atoms with Crippen LogP contribution in [0, 0.1) is 5.41 Å². The quantitative estimate of drug-likeness (QED) is 0.745. The molecule has 0 saturated carbocycles. The number of benzene rings is 1. The molecule has 1 fully saturated rings. The van der Waals surface area contributed by atoms with Gasteiger partial charge in [0.1, 0.15) is 34.6 Å². The van der Waals surface area contributed by atoms with Crippen LogP contribution < -0.4 is 21.2 Å². The molecule has 2 aromatic rings. The molecule has 2 spiro atoms. The van der Waals surface area contributed by atoms with Crippen molar-refractivity contribution in [1.29, 1.82) is 0 Å². The summed E-state index contributed by atoms with van der Waals surface area (Å²) >= 11 is 0. The number of aromatic nitrogens is 2. The van der Waals surface area contributed by atoms with Gasteiger partial charge < -0.3 is 25.1 Å². The lowest BCUT2D eigenvalue weighted by atomic mass is 9.55. The minimum Gasteiger partial charge on any atom is -0.510 e. The molecule has 0 aliphatic carbocycles. The summed E-state index contributed by atoms with van der Waals surface area (Å²) in [6.07, 6.45) is 0.293. The van der Waals surface area contributed by atoms with Crippen molar-refractivity contribution >= 4 is 18.4 Å². The molecule has 0 radical (unpaired) electrons. The van der Waals surface area contributed by atoms with Crippen LogP contribution in [0.1, 0.15) is 25.0 Å². The van der Waals surface area contributed by atoms with Crippen LogP contribution in [0.3, 0.4) is 0 Å². The zero-order valence-corrected chi connectivity index (χ0v) is 17.0. The van der Waals surface area contributed by atoms with E-state index in [4.69, 9.17) is 24.9 Å². The summed E-state index contributed by atoms with van der Waals surface area (Å²) in [6, 6.07) is 9.45. The van der Waals surface area contributed by atoms with Gasteiger partial charge in [-0.05, 0) is 43.7 Å². The summed E-state index contributed by atoms with van der Waals surface area (Å²) < 4.78 is 17.7. The Morgan fingerprint density at radius 1 is 1.17 bits per heavy atom. The standard InChI is InChI=1S/C22H24N4O4/c1-13-4-6-16(26-25-13)17(27)9-14-5-7-18-15(8-14)22(12-29-19(23)24-22)21(10-28-11-21)20(2,3)30-18/h4-8,27H,1,9-12H2,2-3H3,(H2,23,24). The van der Waals surface area contributed by atoms with Gasteiger partial charge in [0.2, 0.25) is 0 Å². The predicted octanol–water partition coefficient (Wildman–Crippen LogP) is 0.524. The number of nitrogens with zero attached hydrogens (tertiary/aromatic N) is 3. The van der Waals surface area contributed by atoms with Crippen LogP contribution in [0.15, 0.2) is 35.3 Å². The Hall–Kier alpha value is -3.13. The van der Waals surface area contributed by atoms with Crippen molar-refractivity contribution in [3.63, 3.8) is 0 Å². The van der Waals surface area contributed by atoms with Crippen molar-refractivity contribution < 1.29 is 19.3 Å². The molecule has 156 valence electrons. The summed E-state index contributed by atoms with van der Waals surface area (Å²) in [5, 5.41) is 19.5. The highest BCUT2D eigenvalue weighted by molar-refractivity contribution is 5.75. The average molecular weight is 408 g/mol. The number of fused-ring (bicyclic) bond motifs is 3. The van der Waals surface area contributed by atoms with E-state index in [0.29, 0.717) is 36.9 Å². The first-order valence-corrected chi connectivity index (χ1v) is 9.86.